The van der Waals surface area contributed by atoms with Crippen molar-refractivity contribution in [3.8, 4) is 0 Å². The quantitative estimate of drug-likeness (QED) is 0.800. The zero-order chi connectivity index (χ0) is 16.5. The lowest BCUT2D eigenvalue weighted by molar-refractivity contribution is -0.133. The van der Waals surface area contributed by atoms with Gasteiger partial charge < -0.3 is 15.5 Å². The highest BCUT2D eigenvalue weighted by atomic mass is 35.5. The second-order valence-electron chi connectivity index (χ2n) is 5.60. The monoisotopic (exact) mass is 371 g/mol. The van der Waals surface area contributed by atoms with Crippen molar-refractivity contribution in [1.82, 2.24) is 15.5 Å². The average Bonchev–Trinajstić information content (AvgIpc) is 2.88. The van der Waals surface area contributed by atoms with Crippen LogP contribution in [-0.2, 0) is 4.79 Å². The molecule has 1 saturated heterocycles. The van der Waals surface area contributed by atoms with Crippen molar-refractivity contribution in [2.24, 2.45) is 0 Å². The normalized spacial score (nSPS) is 15.8. The molecule has 2 rings (SSSR count). The van der Waals surface area contributed by atoms with E-state index < -0.39 is 6.04 Å². The van der Waals surface area contributed by atoms with Crippen LogP contribution >= 0.6 is 24.2 Å². The van der Waals surface area contributed by atoms with E-state index in [4.69, 9.17) is 0 Å². The van der Waals surface area contributed by atoms with Crippen molar-refractivity contribution in [3.05, 3.63) is 35.9 Å². The zero-order valence-electron chi connectivity index (χ0n) is 14.0. The molecule has 0 spiro atoms. The van der Waals surface area contributed by atoms with Crippen LogP contribution in [0.25, 0.3) is 0 Å². The molecule has 0 saturated carbocycles. The third kappa shape index (κ3) is 6.34. The van der Waals surface area contributed by atoms with E-state index in [0.717, 1.165) is 31.8 Å². The number of halogens is 1. The molecule has 24 heavy (non-hydrogen) atoms. The lowest BCUT2D eigenvalue weighted by Crippen LogP contribution is -2.49. The van der Waals surface area contributed by atoms with Gasteiger partial charge in [-0.2, -0.15) is 11.8 Å². The van der Waals surface area contributed by atoms with Gasteiger partial charge in [0.1, 0.15) is 6.04 Å². The predicted octanol–water partition coefficient (Wildman–Crippen LogP) is 1.78. The number of rotatable bonds is 6. The third-order valence-electron chi connectivity index (χ3n) is 3.90. The number of hydrogen-bond donors (Lipinski definition) is 2. The fraction of sp³-hybridized carbons (Fsp3) is 0.529. The van der Waals surface area contributed by atoms with Gasteiger partial charge in [-0.1, -0.05) is 18.2 Å². The highest BCUT2D eigenvalue weighted by Gasteiger charge is 2.26. The first-order valence-corrected chi connectivity index (χ1v) is 9.46. The van der Waals surface area contributed by atoms with Crippen molar-refractivity contribution >= 4 is 36.0 Å². The fourth-order valence-electron chi connectivity index (χ4n) is 2.61. The summed E-state index contributed by atoms with van der Waals surface area (Å²) in [5.41, 5.74) is 0.590. The van der Waals surface area contributed by atoms with Crippen molar-refractivity contribution in [2.45, 2.75) is 18.9 Å². The highest BCUT2D eigenvalue weighted by molar-refractivity contribution is 7.98. The highest BCUT2D eigenvalue weighted by Crippen LogP contribution is 2.08. The second-order valence-corrected chi connectivity index (χ2v) is 6.59. The molecule has 1 unspecified atom stereocenters. The molecular formula is C17H26ClN3O2S. The number of hydrogen-bond acceptors (Lipinski definition) is 4. The van der Waals surface area contributed by atoms with Crippen LogP contribution in [0.3, 0.4) is 0 Å². The van der Waals surface area contributed by atoms with Gasteiger partial charge in [0.2, 0.25) is 5.91 Å². The van der Waals surface area contributed by atoms with E-state index in [1.54, 1.807) is 23.9 Å². The summed E-state index contributed by atoms with van der Waals surface area (Å²) >= 11 is 1.69. The Balaban J connectivity index is 0.00000288. The van der Waals surface area contributed by atoms with Crippen LogP contribution in [0.4, 0.5) is 0 Å². The molecule has 0 radical (unpaired) electrons. The molecule has 134 valence electrons. The van der Waals surface area contributed by atoms with Crippen LogP contribution in [0.15, 0.2) is 30.3 Å². The molecule has 0 bridgehead atoms. The molecule has 1 atom stereocenters. The Kier molecular flexibility index (Phi) is 9.83. The van der Waals surface area contributed by atoms with Gasteiger partial charge in [-0.3, -0.25) is 9.59 Å². The van der Waals surface area contributed by atoms with Gasteiger partial charge in [0, 0.05) is 25.2 Å². The van der Waals surface area contributed by atoms with E-state index in [9.17, 15) is 9.59 Å². The number of nitrogens with zero attached hydrogens (tertiary/aromatic N) is 1. The summed E-state index contributed by atoms with van der Waals surface area (Å²) in [4.78, 5) is 27.0. The minimum absolute atomic E-state index is 0. The van der Waals surface area contributed by atoms with Gasteiger partial charge in [0.05, 0.1) is 0 Å². The van der Waals surface area contributed by atoms with E-state index >= 15 is 0 Å². The van der Waals surface area contributed by atoms with Crippen molar-refractivity contribution in [1.29, 1.82) is 0 Å². The Labute approximate surface area is 154 Å². The van der Waals surface area contributed by atoms with Crippen LogP contribution in [0.5, 0.6) is 0 Å². The first-order chi connectivity index (χ1) is 11.2. The molecule has 1 heterocycles. The molecule has 5 nitrogen and oxygen atoms in total. The summed E-state index contributed by atoms with van der Waals surface area (Å²) in [5.74, 6) is 0.697. The van der Waals surface area contributed by atoms with Gasteiger partial charge in [-0.15, -0.1) is 12.4 Å². The van der Waals surface area contributed by atoms with E-state index in [1.807, 2.05) is 29.4 Å². The number of amides is 2. The Morgan fingerprint density at radius 1 is 1.25 bits per heavy atom. The fourth-order valence-corrected chi connectivity index (χ4v) is 3.08. The van der Waals surface area contributed by atoms with Crippen LogP contribution in [0.1, 0.15) is 23.2 Å². The second kappa shape index (κ2) is 11.3. The van der Waals surface area contributed by atoms with Crippen LogP contribution in [0.2, 0.25) is 0 Å². The Hall–Kier alpha value is -1.24. The van der Waals surface area contributed by atoms with Crippen LogP contribution in [-0.4, -0.2) is 60.9 Å². The number of nitrogens with one attached hydrogen (secondary N) is 2. The van der Waals surface area contributed by atoms with Gasteiger partial charge in [-0.05, 0) is 43.5 Å². The van der Waals surface area contributed by atoms with E-state index in [1.165, 1.54) is 0 Å². The zero-order valence-corrected chi connectivity index (χ0v) is 15.6. The number of carbonyl (C=O) groups is 2. The molecule has 0 aliphatic carbocycles. The largest absolute Gasteiger partial charge is 0.340 e. The maximum Gasteiger partial charge on any atom is 0.251 e. The Morgan fingerprint density at radius 2 is 2.00 bits per heavy atom. The summed E-state index contributed by atoms with van der Waals surface area (Å²) in [6.45, 7) is 3.21. The Bertz CT molecular complexity index is 508. The predicted molar refractivity (Wildman–Crippen MR) is 102 cm³/mol. The standard InChI is InChI=1S/C17H25N3O2S.ClH/c1-23-13-8-15(17(22)20-11-5-9-18-10-12-20)19-16(21)14-6-3-2-4-7-14;/h2-4,6-7,15,18H,5,8-13H2,1H3,(H,19,21);1H. The van der Waals surface area contributed by atoms with Crippen molar-refractivity contribution in [2.75, 3.05) is 38.2 Å². The maximum absolute atomic E-state index is 12.8. The summed E-state index contributed by atoms with van der Waals surface area (Å²) < 4.78 is 0. The first-order valence-electron chi connectivity index (χ1n) is 8.06. The number of benzene rings is 1. The molecular weight excluding hydrogens is 346 g/mol. The average molecular weight is 372 g/mol. The van der Waals surface area contributed by atoms with Crippen LogP contribution < -0.4 is 10.6 Å². The van der Waals surface area contributed by atoms with Gasteiger partial charge in [0.15, 0.2) is 0 Å². The summed E-state index contributed by atoms with van der Waals surface area (Å²) in [7, 11) is 0. The molecule has 1 fully saturated rings. The lowest BCUT2D eigenvalue weighted by Gasteiger charge is -2.26. The SMILES string of the molecule is CSCCC(NC(=O)c1ccccc1)C(=O)N1CCCNCC1.Cl. The van der Waals surface area contributed by atoms with Gasteiger partial charge in [0.25, 0.3) is 5.91 Å². The number of thioether (sulfide) groups is 1. The molecule has 2 amide bonds. The number of carbonyl (C=O) groups excluding carboxylic acids is 2. The van der Waals surface area contributed by atoms with E-state index in [0.29, 0.717) is 18.5 Å². The summed E-state index contributed by atoms with van der Waals surface area (Å²) in [6, 6.07) is 8.61. The van der Waals surface area contributed by atoms with Gasteiger partial charge >= 0.3 is 0 Å². The minimum Gasteiger partial charge on any atom is -0.340 e. The topological polar surface area (TPSA) is 61.4 Å². The van der Waals surface area contributed by atoms with E-state index in [-0.39, 0.29) is 24.2 Å². The molecule has 1 aromatic rings. The molecule has 1 aliphatic heterocycles. The lowest BCUT2D eigenvalue weighted by atomic mass is 10.1. The van der Waals surface area contributed by atoms with Crippen LogP contribution in [0, 0.1) is 0 Å². The smallest absolute Gasteiger partial charge is 0.251 e. The minimum atomic E-state index is -0.451. The third-order valence-corrected chi connectivity index (χ3v) is 4.55. The molecule has 7 heteroatoms. The van der Waals surface area contributed by atoms with Crippen molar-refractivity contribution < 1.29 is 9.59 Å². The van der Waals surface area contributed by atoms with Crippen molar-refractivity contribution in [3.63, 3.8) is 0 Å². The Morgan fingerprint density at radius 3 is 2.71 bits per heavy atom. The molecule has 0 aromatic heterocycles. The van der Waals surface area contributed by atoms with E-state index in [2.05, 4.69) is 10.6 Å². The first kappa shape index (κ1) is 20.8. The molecule has 2 N–H and O–H groups in total. The maximum atomic E-state index is 12.8. The molecule has 1 aromatic carbocycles. The molecule has 1 aliphatic rings. The summed E-state index contributed by atoms with van der Waals surface area (Å²) in [6.07, 6.45) is 3.62. The summed E-state index contributed by atoms with van der Waals surface area (Å²) in [5, 5.41) is 6.22. The van der Waals surface area contributed by atoms with Gasteiger partial charge in [-0.25, -0.2) is 0 Å².